The van der Waals surface area contributed by atoms with Crippen molar-refractivity contribution in [3.05, 3.63) is 29.8 Å². The third-order valence-electron chi connectivity index (χ3n) is 3.25. The van der Waals surface area contributed by atoms with Crippen molar-refractivity contribution >= 4 is 28.0 Å². The highest BCUT2D eigenvalue weighted by Crippen LogP contribution is 2.13. The molecule has 1 aromatic rings. The molecular formula is C17H27N3O7S. The Morgan fingerprint density at radius 3 is 2.29 bits per heavy atom. The van der Waals surface area contributed by atoms with Crippen LogP contribution in [-0.4, -0.2) is 56.9 Å². The first kappa shape index (κ1) is 23.7. The Kier molecular flexibility index (Phi) is 8.66. The van der Waals surface area contributed by atoms with Gasteiger partial charge in [0.25, 0.3) is 0 Å². The van der Waals surface area contributed by atoms with Crippen molar-refractivity contribution in [2.24, 2.45) is 0 Å². The maximum Gasteiger partial charge on any atom is 0.408 e. The molecule has 1 unspecified atom stereocenters. The fraction of sp³-hybridized carbons (Fsp3) is 0.529. The lowest BCUT2D eigenvalue weighted by atomic mass is 10.0. The van der Waals surface area contributed by atoms with Gasteiger partial charge in [-0.3, -0.25) is 14.1 Å². The molecule has 0 radical (unpaired) electrons. The van der Waals surface area contributed by atoms with E-state index in [4.69, 9.17) is 14.0 Å². The molecule has 0 heterocycles. The van der Waals surface area contributed by atoms with Crippen LogP contribution >= 0.6 is 0 Å². The third-order valence-corrected chi connectivity index (χ3v) is 3.75. The molecular weight excluding hydrogens is 390 g/mol. The molecule has 2 amide bonds. The summed E-state index contributed by atoms with van der Waals surface area (Å²) in [7, 11) is -2.87. The average molecular weight is 417 g/mol. The first-order chi connectivity index (χ1) is 12.9. The zero-order chi connectivity index (χ0) is 21.4. The minimum Gasteiger partial charge on any atom is -0.444 e. The highest BCUT2D eigenvalue weighted by molar-refractivity contribution is 7.87. The van der Waals surface area contributed by atoms with Crippen LogP contribution in [0.1, 0.15) is 26.3 Å². The van der Waals surface area contributed by atoms with E-state index in [-0.39, 0.29) is 18.7 Å². The minimum atomic E-state index is -4.37. The Balaban J connectivity index is 2.85. The molecule has 0 saturated heterocycles. The molecule has 0 saturated carbocycles. The lowest BCUT2D eigenvalue weighted by Crippen LogP contribution is -2.49. The third kappa shape index (κ3) is 10.1. The Bertz CT molecular complexity index is 758. The highest BCUT2D eigenvalue weighted by atomic mass is 32.2. The number of rotatable bonds is 9. The monoisotopic (exact) mass is 417 g/mol. The van der Waals surface area contributed by atoms with Gasteiger partial charge in [-0.15, -0.1) is 0 Å². The van der Waals surface area contributed by atoms with Crippen molar-refractivity contribution in [3.8, 4) is 0 Å². The molecule has 0 aliphatic rings. The van der Waals surface area contributed by atoms with E-state index >= 15 is 0 Å². The molecule has 11 heteroatoms. The number of benzene rings is 1. The van der Waals surface area contributed by atoms with Crippen LogP contribution < -0.4 is 15.4 Å². The summed E-state index contributed by atoms with van der Waals surface area (Å²) in [5.74, 6) is -0.414. The molecule has 10 nitrogen and oxygen atoms in total. The number of alkyl carbamates (subject to hydrolysis) is 1. The smallest absolute Gasteiger partial charge is 0.408 e. The SMILES string of the molecule is COCCNC(=O)C(Cc1ccc(NS(=O)(=O)O)cc1)NC(=O)OC(C)(C)C. The van der Waals surface area contributed by atoms with E-state index in [0.717, 1.165) is 0 Å². The number of anilines is 1. The van der Waals surface area contributed by atoms with Gasteiger partial charge in [0, 0.05) is 20.1 Å². The normalized spacial score (nSPS) is 12.8. The van der Waals surface area contributed by atoms with Gasteiger partial charge in [0.1, 0.15) is 11.6 Å². The molecule has 0 aliphatic carbocycles. The lowest BCUT2D eigenvalue weighted by Gasteiger charge is -2.23. The number of nitrogens with one attached hydrogen (secondary N) is 3. The van der Waals surface area contributed by atoms with E-state index in [1.54, 1.807) is 32.9 Å². The van der Waals surface area contributed by atoms with E-state index in [9.17, 15) is 18.0 Å². The second kappa shape index (κ2) is 10.2. The summed E-state index contributed by atoms with van der Waals surface area (Å²) in [4.78, 5) is 24.5. The molecule has 4 N–H and O–H groups in total. The summed E-state index contributed by atoms with van der Waals surface area (Å²) in [5, 5.41) is 5.19. The molecule has 0 bridgehead atoms. The summed E-state index contributed by atoms with van der Waals surface area (Å²) in [6.07, 6.45) is -0.589. The number of amides is 2. The topological polar surface area (TPSA) is 143 Å². The molecule has 0 fully saturated rings. The van der Waals surface area contributed by atoms with Crippen LogP contribution in [0.3, 0.4) is 0 Å². The largest absolute Gasteiger partial charge is 0.444 e. The fourth-order valence-electron chi connectivity index (χ4n) is 2.15. The molecule has 1 atom stereocenters. The number of methoxy groups -OCH3 is 1. The van der Waals surface area contributed by atoms with Gasteiger partial charge in [0.05, 0.1) is 12.3 Å². The Morgan fingerprint density at radius 1 is 1.18 bits per heavy atom. The van der Waals surface area contributed by atoms with E-state index in [0.29, 0.717) is 12.2 Å². The molecule has 158 valence electrons. The van der Waals surface area contributed by atoms with Gasteiger partial charge in [-0.05, 0) is 38.5 Å². The fourth-order valence-corrected chi connectivity index (χ4v) is 2.59. The van der Waals surface area contributed by atoms with E-state index < -0.39 is 33.9 Å². The van der Waals surface area contributed by atoms with Crippen LogP contribution in [0, 0.1) is 0 Å². The van der Waals surface area contributed by atoms with E-state index in [1.807, 2.05) is 4.72 Å². The maximum atomic E-state index is 12.4. The Hall–Kier alpha value is -2.37. The highest BCUT2D eigenvalue weighted by Gasteiger charge is 2.24. The molecule has 28 heavy (non-hydrogen) atoms. The minimum absolute atomic E-state index is 0.143. The van der Waals surface area contributed by atoms with Gasteiger partial charge in [-0.25, -0.2) is 4.79 Å². The average Bonchev–Trinajstić information content (AvgIpc) is 2.53. The number of hydrogen-bond acceptors (Lipinski definition) is 6. The van der Waals surface area contributed by atoms with Crippen LogP contribution in [0.4, 0.5) is 10.5 Å². The number of hydrogen-bond donors (Lipinski definition) is 4. The van der Waals surface area contributed by atoms with Crippen molar-refractivity contribution < 1.29 is 32.0 Å². The standard InChI is InChI=1S/C17H27N3O7S/c1-17(2,3)27-16(22)19-14(15(21)18-9-10-26-4)11-12-5-7-13(8-6-12)20-28(23,24)25/h5-8,14,20H,9-11H2,1-4H3,(H,18,21)(H,19,22)(H,23,24,25). The summed E-state index contributed by atoms with van der Waals surface area (Å²) in [6.45, 7) is 5.73. The second-order valence-electron chi connectivity index (χ2n) is 6.96. The molecule has 0 aliphatic heterocycles. The quantitative estimate of drug-likeness (QED) is 0.348. The van der Waals surface area contributed by atoms with Crippen molar-refractivity contribution in [1.82, 2.24) is 10.6 Å². The molecule has 1 aromatic carbocycles. The van der Waals surface area contributed by atoms with Gasteiger partial charge in [0.2, 0.25) is 5.91 Å². The van der Waals surface area contributed by atoms with E-state index in [2.05, 4.69) is 10.6 Å². The Labute approximate surface area is 164 Å². The number of ether oxygens (including phenoxy) is 2. The van der Waals surface area contributed by atoms with Crippen LogP contribution in [0.2, 0.25) is 0 Å². The molecule has 0 aromatic heterocycles. The van der Waals surface area contributed by atoms with Crippen molar-refractivity contribution in [2.45, 2.75) is 38.8 Å². The zero-order valence-electron chi connectivity index (χ0n) is 16.3. The summed E-state index contributed by atoms with van der Waals surface area (Å²) >= 11 is 0. The summed E-state index contributed by atoms with van der Waals surface area (Å²) in [6, 6.07) is 5.08. The van der Waals surface area contributed by atoms with Crippen LogP contribution in [-0.2, 0) is 31.0 Å². The van der Waals surface area contributed by atoms with Crippen molar-refractivity contribution in [1.29, 1.82) is 0 Å². The predicted molar refractivity (Wildman–Crippen MR) is 103 cm³/mol. The van der Waals surface area contributed by atoms with Gasteiger partial charge < -0.3 is 20.1 Å². The van der Waals surface area contributed by atoms with Crippen molar-refractivity contribution in [3.63, 3.8) is 0 Å². The first-order valence-electron chi connectivity index (χ1n) is 8.50. The second-order valence-corrected chi connectivity index (χ2v) is 8.12. The Morgan fingerprint density at radius 2 is 1.79 bits per heavy atom. The van der Waals surface area contributed by atoms with Gasteiger partial charge in [0.15, 0.2) is 0 Å². The molecule has 0 spiro atoms. The number of carbonyl (C=O) groups excluding carboxylic acids is 2. The van der Waals surface area contributed by atoms with Gasteiger partial charge in [-0.2, -0.15) is 8.42 Å². The lowest BCUT2D eigenvalue weighted by molar-refractivity contribution is -0.123. The molecule has 1 rings (SSSR count). The van der Waals surface area contributed by atoms with Gasteiger partial charge >= 0.3 is 16.4 Å². The summed E-state index contributed by atoms with van der Waals surface area (Å²) in [5.41, 5.74) is 0.0980. The van der Waals surface area contributed by atoms with Gasteiger partial charge in [-0.1, -0.05) is 12.1 Å². The first-order valence-corrected chi connectivity index (χ1v) is 9.94. The zero-order valence-corrected chi connectivity index (χ0v) is 17.1. The van der Waals surface area contributed by atoms with Crippen molar-refractivity contribution in [2.75, 3.05) is 25.0 Å². The number of carbonyl (C=O) groups is 2. The summed E-state index contributed by atoms with van der Waals surface area (Å²) < 4.78 is 42.5. The van der Waals surface area contributed by atoms with Crippen LogP contribution in [0.5, 0.6) is 0 Å². The van der Waals surface area contributed by atoms with Crippen LogP contribution in [0.15, 0.2) is 24.3 Å². The van der Waals surface area contributed by atoms with Crippen LogP contribution in [0.25, 0.3) is 0 Å². The predicted octanol–water partition coefficient (Wildman–Crippen LogP) is 1.10. The van der Waals surface area contributed by atoms with E-state index in [1.165, 1.54) is 19.2 Å². The maximum absolute atomic E-state index is 12.4.